The molecule has 0 radical (unpaired) electrons. The van der Waals surface area contributed by atoms with Crippen LogP contribution in [-0.2, 0) is 0 Å². The fraction of sp³-hybridized carbons (Fsp3) is 0.750. The van der Waals surface area contributed by atoms with Gasteiger partial charge < -0.3 is 4.55 Å². The number of hydrogen-bond acceptors (Lipinski definition) is 1. The predicted molar refractivity (Wildman–Crippen MR) is 48.6 cm³/mol. The summed E-state index contributed by atoms with van der Waals surface area (Å²) in [5.74, 6) is 0.969. The third-order valence-corrected chi connectivity index (χ3v) is 5.60. The van der Waals surface area contributed by atoms with Crippen LogP contribution in [0.5, 0.6) is 0 Å². The lowest BCUT2D eigenvalue weighted by Gasteiger charge is -2.40. The lowest BCUT2D eigenvalue weighted by molar-refractivity contribution is 0.591. The van der Waals surface area contributed by atoms with Crippen LogP contribution in [0.1, 0.15) is 27.2 Å². The van der Waals surface area contributed by atoms with Gasteiger partial charge in [-0.1, -0.05) is 26.8 Å². The molecular formula is C8H16OS. The number of rotatable bonds is 0. The Kier molecular flexibility index (Phi) is 1.86. The van der Waals surface area contributed by atoms with Crippen molar-refractivity contribution in [3.8, 4) is 0 Å². The zero-order valence-corrected chi connectivity index (χ0v) is 7.74. The molecule has 0 aromatic heterocycles. The van der Waals surface area contributed by atoms with Gasteiger partial charge in [-0.25, -0.2) is 0 Å². The molecule has 0 saturated carbocycles. The van der Waals surface area contributed by atoms with Crippen LogP contribution in [0, 0.1) is 0 Å². The van der Waals surface area contributed by atoms with Crippen LogP contribution in [0.2, 0.25) is 0 Å². The van der Waals surface area contributed by atoms with E-state index in [2.05, 4.69) is 26.8 Å². The maximum atomic E-state index is 10.0. The van der Waals surface area contributed by atoms with E-state index in [1.807, 2.05) is 5.41 Å². The Morgan fingerprint density at radius 1 is 1.40 bits per heavy atom. The summed E-state index contributed by atoms with van der Waals surface area (Å²) in [5.41, 5.74) is 0. The highest BCUT2D eigenvalue weighted by atomic mass is 32.3. The minimum atomic E-state index is -1.40. The van der Waals surface area contributed by atoms with E-state index < -0.39 is 10.3 Å². The van der Waals surface area contributed by atoms with Crippen molar-refractivity contribution in [1.82, 2.24) is 0 Å². The van der Waals surface area contributed by atoms with Crippen molar-refractivity contribution in [3.05, 3.63) is 11.5 Å². The monoisotopic (exact) mass is 160 g/mol. The highest BCUT2D eigenvalue weighted by Gasteiger charge is 2.33. The van der Waals surface area contributed by atoms with Gasteiger partial charge in [0.1, 0.15) is 0 Å². The molecule has 0 aromatic carbocycles. The normalized spacial score (nSPS) is 39.6. The first-order valence-corrected chi connectivity index (χ1v) is 5.47. The van der Waals surface area contributed by atoms with Crippen LogP contribution in [0.4, 0.5) is 0 Å². The zero-order chi connectivity index (χ0) is 7.83. The summed E-state index contributed by atoms with van der Waals surface area (Å²) in [5, 5.41) is 2.02. The van der Waals surface area contributed by atoms with Gasteiger partial charge in [0.2, 0.25) is 0 Å². The molecule has 1 nitrogen and oxygen atoms in total. The average Bonchev–Trinajstić information content (AvgIpc) is 2.13. The fourth-order valence-corrected chi connectivity index (χ4v) is 3.16. The largest absolute Gasteiger partial charge is 0.347 e. The molecule has 0 fully saturated rings. The quantitative estimate of drug-likeness (QED) is 0.577. The van der Waals surface area contributed by atoms with Crippen LogP contribution in [0.15, 0.2) is 11.5 Å². The molecule has 0 amide bonds. The van der Waals surface area contributed by atoms with Gasteiger partial charge in [0.25, 0.3) is 0 Å². The molecule has 1 heterocycles. The van der Waals surface area contributed by atoms with E-state index in [9.17, 15) is 4.55 Å². The first kappa shape index (κ1) is 8.15. The first-order chi connectivity index (χ1) is 4.46. The van der Waals surface area contributed by atoms with Gasteiger partial charge in [0, 0.05) is 10.5 Å². The highest BCUT2D eigenvalue weighted by Crippen LogP contribution is 2.59. The molecule has 1 N–H and O–H groups in total. The summed E-state index contributed by atoms with van der Waals surface area (Å²) < 4.78 is 10.1. The predicted octanol–water partition coefficient (Wildman–Crippen LogP) is 2.98. The number of allylic oxidation sites excluding steroid dienone is 1. The maximum Gasteiger partial charge on any atom is 0.0165 e. The van der Waals surface area contributed by atoms with Crippen molar-refractivity contribution in [2.45, 2.75) is 31.9 Å². The van der Waals surface area contributed by atoms with E-state index in [0.717, 1.165) is 12.2 Å². The molecule has 60 valence electrons. The first-order valence-electron chi connectivity index (χ1n) is 3.65. The molecule has 0 aliphatic carbocycles. The standard InChI is InChI=1S/C8H16OS/c1-8(2,3)10(9)6-4-5-7-10/h4,6,9H,5,7H2,1-3H3. The summed E-state index contributed by atoms with van der Waals surface area (Å²) in [6.07, 6.45) is 3.16. The van der Waals surface area contributed by atoms with Crippen LogP contribution in [0.3, 0.4) is 0 Å². The Balaban J connectivity index is 2.78. The van der Waals surface area contributed by atoms with Crippen molar-refractivity contribution in [2.75, 3.05) is 5.75 Å². The summed E-state index contributed by atoms with van der Waals surface area (Å²) in [7, 11) is -1.40. The van der Waals surface area contributed by atoms with Crippen LogP contribution in [-0.4, -0.2) is 15.1 Å². The van der Waals surface area contributed by atoms with Gasteiger partial charge in [-0.3, -0.25) is 0 Å². The van der Waals surface area contributed by atoms with Gasteiger partial charge in [-0.05, 0) is 11.8 Å². The third kappa shape index (κ3) is 1.23. The minimum Gasteiger partial charge on any atom is -0.347 e. The summed E-state index contributed by atoms with van der Waals surface area (Å²) in [6.45, 7) is 6.33. The van der Waals surface area contributed by atoms with Gasteiger partial charge in [0.15, 0.2) is 0 Å². The van der Waals surface area contributed by atoms with E-state index in [4.69, 9.17) is 0 Å². The molecule has 2 heteroatoms. The average molecular weight is 160 g/mol. The Morgan fingerprint density at radius 3 is 2.20 bits per heavy atom. The van der Waals surface area contributed by atoms with E-state index in [0.29, 0.717) is 0 Å². The Hall–Kier alpha value is 0.0500. The van der Waals surface area contributed by atoms with Crippen molar-refractivity contribution < 1.29 is 4.55 Å². The maximum absolute atomic E-state index is 10.0. The molecular weight excluding hydrogens is 144 g/mol. The van der Waals surface area contributed by atoms with Crippen LogP contribution in [0.25, 0.3) is 0 Å². The molecule has 0 bridgehead atoms. The lowest BCUT2D eigenvalue weighted by atomic mass is 10.3. The number of hydrogen-bond donors (Lipinski definition) is 1. The molecule has 0 aromatic rings. The molecule has 1 unspecified atom stereocenters. The molecule has 1 aliphatic heterocycles. The fourth-order valence-electron chi connectivity index (χ4n) is 1.05. The topological polar surface area (TPSA) is 20.2 Å². The summed E-state index contributed by atoms with van der Waals surface area (Å²) in [6, 6.07) is 0. The molecule has 0 spiro atoms. The van der Waals surface area contributed by atoms with Crippen LogP contribution < -0.4 is 0 Å². The SMILES string of the molecule is CC(C)(C)S1(O)C=CCC1. The molecule has 1 aliphatic rings. The Morgan fingerprint density at radius 2 is 2.00 bits per heavy atom. The molecule has 10 heavy (non-hydrogen) atoms. The Bertz CT molecular complexity index is 157. The molecule has 0 saturated heterocycles. The zero-order valence-electron chi connectivity index (χ0n) is 6.92. The van der Waals surface area contributed by atoms with E-state index in [1.165, 1.54) is 0 Å². The second-order valence-corrected chi connectivity index (χ2v) is 7.15. The van der Waals surface area contributed by atoms with E-state index in [-0.39, 0.29) is 4.75 Å². The van der Waals surface area contributed by atoms with Gasteiger partial charge in [-0.2, -0.15) is 0 Å². The van der Waals surface area contributed by atoms with E-state index >= 15 is 0 Å². The smallest absolute Gasteiger partial charge is 0.0165 e. The second-order valence-electron chi connectivity index (χ2n) is 3.73. The third-order valence-electron chi connectivity index (χ3n) is 1.98. The van der Waals surface area contributed by atoms with Gasteiger partial charge in [-0.15, -0.1) is 10.3 Å². The van der Waals surface area contributed by atoms with Crippen LogP contribution >= 0.6 is 10.3 Å². The van der Waals surface area contributed by atoms with E-state index in [1.54, 1.807) is 0 Å². The van der Waals surface area contributed by atoms with Crippen molar-refractivity contribution >= 4 is 10.3 Å². The van der Waals surface area contributed by atoms with Crippen molar-refractivity contribution in [3.63, 3.8) is 0 Å². The molecule has 1 rings (SSSR count). The molecule has 1 atom stereocenters. The van der Waals surface area contributed by atoms with Gasteiger partial charge in [0.05, 0.1) is 0 Å². The summed E-state index contributed by atoms with van der Waals surface area (Å²) >= 11 is 0. The Labute approximate surface area is 64.7 Å². The lowest BCUT2D eigenvalue weighted by Crippen LogP contribution is -2.23. The van der Waals surface area contributed by atoms with Gasteiger partial charge >= 0.3 is 0 Å². The van der Waals surface area contributed by atoms with Crippen molar-refractivity contribution in [1.29, 1.82) is 0 Å². The second kappa shape index (κ2) is 2.28. The van der Waals surface area contributed by atoms with Crippen molar-refractivity contribution in [2.24, 2.45) is 0 Å². The minimum absolute atomic E-state index is 0.0694. The highest BCUT2D eigenvalue weighted by molar-refractivity contribution is 8.32. The summed E-state index contributed by atoms with van der Waals surface area (Å²) in [4.78, 5) is 0.